The van der Waals surface area contributed by atoms with E-state index in [2.05, 4.69) is 5.18 Å². The van der Waals surface area contributed by atoms with Crippen LogP contribution in [0.2, 0.25) is 0 Å². The SMILES string of the molecule is COc1cc(C(=O)c2ccccc2)c(N=O)c(OC)c1OC. The highest BCUT2D eigenvalue weighted by Gasteiger charge is 2.25. The third-order valence-corrected chi connectivity index (χ3v) is 3.18. The molecular weight excluding hydrogens is 286 g/mol. The van der Waals surface area contributed by atoms with Gasteiger partial charge in [-0.25, -0.2) is 0 Å². The van der Waals surface area contributed by atoms with E-state index in [1.807, 2.05) is 0 Å². The summed E-state index contributed by atoms with van der Waals surface area (Å²) in [5, 5.41) is 2.94. The van der Waals surface area contributed by atoms with Gasteiger partial charge in [0.2, 0.25) is 5.75 Å². The van der Waals surface area contributed by atoms with E-state index in [0.717, 1.165) is 0 Å². The molecule has 0 aliphatic carbocycles. The molecule has 6 heteroatoms. The van der Waals surface area contributed by atoms with Gasteiger partial charge in [0.15, 0.2) is 23.0 Å². The second kappa shape index (κ2) is 6.71. The van der Waals surface area contributed by atoms with Gasteiger partial charge in [-0.1, -0.05) is 30.3 Å². The molecule has 0 atom stereocenters. The lowest BCUT2D eigenvalue weighted by atomic mass is 10.0. The van der Waals surface area contributed by atoms with Gasteiger partial charge in [0.1, 0.15) is 0 Å². The summed E-state index contributed by atoms with van der Waals surface area (Å²) in [6, 6.07) is 10.00. The summed E-state index contributed by atoms with van der Waals surface area (Å²) < 4.78 is 15.6. The molecule has 2 aromatic rings. The Labute approximate surface area is 127 Å². The van der Waals surface area contributed by atoms with E-state index in [9.17, 15) is 9.70 Å². The Balaban J connectivity index is 2.70. The smallest absolute Gasteiger partial charge is 0.205 e. The first-order valence-electron chi connectivity index (χ1n) is 6.44. The molecule has 2 aromatic carbocycles. The van der Waals surface area contributed by atoms with Crippen LogP contribution in [0.3, 0.4) is 0 Å². The number of nitroso groups, excluding NO2 is 1. The number of rotatable bonds is 6. The number of ether oxygens (including phenoxy) is 3. The number of hydrogen-bond acceptors (Lipinski definition) is 6. The summed E-state index contributed by atoms with van der Waals surface area (Å²) in [6.45, 7) is 0. The Kier molecular flexibility index (Phi) is 4.73. The van der Waals surface area contributed by atoms with Crippen LogP contribution >= 0.6 is 0 Å². The van der Waals surface area contributed by atoms with Gasteiger partial charge < -0.3 is 14.2 Å². The molecule has 0 aromatic heterocycles. The topological polar surface area (TPSA) is 74.2 Å². The van der Waals surface area contributed by atoms with Crippen molar-refractivity contribution >= 4 is 11.5 Å². The van der Waals surface area contributed by atoms with Gasteiger partial charge in [0, 0.05) is 5.56 Å². The van der Waals surface area contributed by atoms with Crippen molar-refractivity contribution in [1.82, 2.24) is 0 Å². The maximum atomic E-state index is 12.6. The number of nitrogens with zero attached hydrogens (tertiary/aromatic N) is 1. The average molecular weight is 301 g/mol. The van der Waals surface area contributed by atoms with E-state index in [0.29, 0.717) is 5.56 Å². The monoisotopic (exact) mass is 301 g/mol. The quantitative estimate of drug-likeness (QED) is 0.604. The van der Waals surface area contributed by atoms with Crippen molar-refractivity contribution < 1.29 is 19.0 Å². The molecule has 0 aliphatic rings. The Bertz CT molecular complexity index is 697. The summed E-state index contributed by atoms with van der Waals surface area (Å²) in [5.41, 5.74) is 0.409. The van der Waals surface area contributed by atoms with Crippen molar-refractivity contribution in [2.45, 2.75) is 0 Å². The third-order valence-electron chi connectivity index (χ3n) is 3.18. The van der Waals surface area contributed by atoms with E-state index >= 15 is 0 Å². The van der Waals surface area contributed by atoms with Crippen molar-refractivity contribution in [2.75, 3.05) is 21.3 Å². The first kappa shape index (κ1) is 15.5. The standard InChI is InChI=1S/C16H15NO5/c1-20-12-9-11(14(18)10-7-5-4-6-8-10)13(17-19)16(22-3)15(12)21-2/h4-9H,1-3H3. The maximum absolute atomic E-state index is 12.6. The van der Waals surface area contributed by atoms with Crippen LogP contribution in [0.15, 0.2) is 41.6 Å². The molecule has 114 valence electrons. The predicted octanol–water partition coefficient (Wildman–Crippen LogP) is 3.34. The van der Waals surface area contributed by atoms with E-state index in [-0.39, 0.29) is 34.3 Å². The molecular formula is C16H15NO5. The van der Waals surface area contributed by atoms with Crippen LogP contribution in [-0.4, -0.2) is 27.1 Å². The fourth-order valence-electron chi connectivity index (χ4n) is 2.15. The Morgan fingerprint density at radius 2 is 1.59 bits per heavy atom. The molecule has 22 heavy (non-hydrogen) atoms. The zero-order valence-electron chi connectivity index (χ0n) is 12.5. The van der Waals surface area contributed by atoms with Gasteiger partial charge >= 0.3 is 0 Å². The predicted molar refractivity (Wildman–Crippen MR) is 81.4 cm³/mol. The number of benzene rings is 2. The second-order valence-corrected chi connectivity index (χ2v) is 4.33. The third kappa shape index (κ3) is 2.63. The molecule has 0 aliphatic heterocycles. The van der Waals surface area contributed by atoms with Crippen LogP contribution in [0.1, 0.15) is 15.9 Å². The Hall–Kier alpha value is -2.89. The van der Waals surface area contributed by atoms with Crippen LogP contribution < -0.4 is 14.2 Å². The number of methoxy groups -OCH3 is 3. The second-order valence-electron chi connectivity index (χ2n) is 4.33. The van der Waals surface area contributed by atoms with Crippen LogP contribution in [0.4, 0.5) is 5.69 Å². The molecule has 0 bridgehead atoms. The van der Waals surface area contributed by atoms with E-state index < -0.39 is 0 Å². The molecule has 0 amide bonds. The van der Waals surface area contributed by atoms with Crippen LogP contribution in [-0.2, 0) is 0 Å². The lowest BCUT2D eigenvalue weighted by molar-refractivity contribution is 0.103. The van der Waals surface area contributed by atoms with Crippen LogP contribution in [0.25, 0.3) is 0 Å². The van der Waals surface area contributed by atoms with Gasteiger partial charge in [0.25, 0.3) is 0 Å². The summed E-state index contributed by atoms with van der Waals surface area (Å²) in [7, 11) is 4.21. The zero-order valence-corrected chi connectivity index (χ0v) is 12.5. The molecule has 6 nitrogen and oxygen atoms in total. The molecule has 0 saturated heterocycles. The minimum atomic E-state index is -0.352. The fraction of sp³-hybridized carbons (Fsp3) is 0.188. The van der Waals surface area contributed by atoms with Crippen molar-refractivity contribution in [3.63, 3.8) is 0 Å². The zero-order chi connectivity index (χ0) is 16.1. The molecule has 0 saturated carbocycles. The van der Waals surface area contributed by atoms with E-state index in [4.69, 9.17) is 14.2 Å². The Morgan fingerprint density at radius 3 is 2.09 bits per heavy atom. The normalized spacial score (nSPS) is 9.95. The van der Waals surface area contributed by atoms with Gasteiger partial charge in [-0.15, -0.1) is 4.91 Å². The Morgan fingerprint density at radius 1 is 0.955 bits per heavy atom. The van der Waals surface area contributed by atoms with E-state index in [1.165, 1.54) is 27.4 Å². The lowest BCUT2D eigenvalue weighted by Crippen LogP contribution is -2.05. The van der Waals surface area contributed by atoms with Crippen molar-refractivity contribution in [3.05, 3.63) is 52.4 Å². The van der Waals surface area contributed by atoms with Crippen LogP contribution in [0.5, 0.6) is 17.2 Å². The molecule has 0 fully saturated rings. The van der Waals surface area contributed by atoms with Gasteiger partial charge in [-0.2, -0.15) is 0 Å². The highest BCUT2D eigenvalue weighted by atomic mass is 16.5. The highest BCUT2D eigenvalue weighted by molar-refractivity contribution is 6.13. The largest absolute Gasteiger partial charge is 0.493 e. The number of carbonyl (C=O) groups is 1. The van der Waals surface area contributed by atoms with Crippen molar-refractivity contribution in [2.24, 2.45) is 5.18 Å². The fourth-order valence-corrected chi connectivity index (χ4v) is 2.15. The highest BCUT2D eigenvalue weighted by Crippen LogP contribution is 2.47. The molecule has 0 unspecified atom stereocenters. The molecule has 0 N–H and O–H groups in total. The number of ketones is 1. The number of carbonyl (C=O) groups excluding carboxylic acids is 1. The number of hydrogen-bond donors (Lipinski definition) is 0. The molecule has 0 heterocycles. The van der Waals surface area contributed by atoms with Gasteiger partial charge in [-0.05, 0) is 11.2 Å². The van der Waals surface area contributed by atoms with Crippen molar-refractivity contribution in [1.29, 1.82) is 0 Å². The average Bonchev–Trinajstić information content (AvgIpc) is 2.59. The summed E-state index contributed by atoms with van der Waals surface area (Å²) in [6.07, 6.45) is 0. The first-order chi connectivity index (χ1) is 10.7. The van der Waals surface area contributed by atoms with Crippen molar-refractivity contribution in [3.8, 4) is 17.2 Å². The lowest BCUT2D eigenvalue weighted by Gasteiger charge is -2.15. The summed E-state index contributed by atoms with van der Waals surface area (Å²) in [5.74, 6) is 0.209. The molecule has 0 spiro atoms. The molecule has 2 rings (SSSR count). The summed E-state index contributed by atoms with van der Waals surface area (Å²) >= 11 is 0. The minimum Gasteiger partial charge on any atom is -0.493 e. The summed E-state index contributed by atoms with van der Waals surface area (Å²) in [4.78, 5) is 23.8. The van der Waals surface area contributed by atoms with E-state index in [1.54, 1.807) is 30.3 Å². The van der Waals surface area contributed by atoms with Crippen LogP contribution in [0, 0.1) is 4.91 Å². The first-order valence-corrected chi connectivity index (χ1v) is 6.44. The van der Waals surface area contributed by atoms with Gasteiger partial charge in [0.05, 0.1) is 26.9 Å². The maximum Gasteiger partial charge on any atom is 0.205 e. The minimum absolute atomic E-state index is 0.0659. The van der Waals surface area contributed by atoms with Gasteiger partial charge in [-0.3, -0.25) is 4.79 Å². The molecule has 0 radical (unpaired) electrons.